The Morgan fingerprint density at radius 1 is 1.23 bits per heavy atom. The number of fused-ring (bicyclic) bond motifs is 2. The van der Waals surface area contributed by atoms with Gasteiger partial charge in [-0.3, -0.25) is 24.6 Å². The van der Waals surface area contributed by atoms with E-state index in [2.05, 4.69) is 17.3 Å². The van der Waals surface area contributed by atoms with Gasteiger partial charge in [0.15, 0.2) is 0 Å². The lowest BCUT2D eigenvalue weighted by Gasteiger charge is -2.43. The van der Waals surface area contributed by atoms with Crippen LogP contribution in [0.1, 0.15) is 35.4 Å². The summed E-state index contributed by atoms with van der Waals surface area (Å²) in [6.07, 6.45) is 1.67. The summed E-state index contributed by atoms with van der Waals surface area (Å²) in [7, 11) is 0. The summed E-state index contributed by atoms with van der Waals surface area (Å²) in [4.78, 5) is 63.7. The van der Waals surface area contributed by atoms with Crippen LogP contribution in [-0.4, -0.2) is 75.0 Å². The minimum atomic E-state index is -1.11. The van der Waals surface area contributed by atoms with Gasteiger partial charge < -0.3 is 10.4 Å². The molecule has 4 rings (SSSR count). The van der Waals surface area contributed by atoms with Gasteiger partial charge in [0.05, 0.1) is 23.9 Å². The highest BCUT2D eigenvalue weighted by molar-refractivity contribution is 7.20. The van der Waals surface area contributed by atoms with Crippen LogP contribution < -0.4 is 10.7 Å². The highest BCUT2D eigenvalue weighted by atomic mass is 32.1. The summed E-state index contributed by atoms with van der Waals surface area (Å²) < 4.78 is 0.923. The van der Waals surface area contributed by atoms with Crippen molar-refractivity contribution in [3.05, 3.63) is 47.9 Å². The number of urea groups is 1. The monoisotopic (exact) mass is 499 g/mol. The van der Waals surface area contributed by atoms with E-state index in [4.69, 9.17) is 5.11 Å². The third-order valence-corrected chi connectivity index (χ3v) is 6.98. The first kappa shape index (κ1) is 24.2. The molecule has 2 aromatic rings. The Labute approximate surface area is 204 Å². The second kappa shape index (κ2) is 10.1. The van der Waals surface area contributed by atoms with Crippen LogP contribution in [0.25, 0.3) is 10.1 Å². The average Bonchev–Trinajstić information content (AvgIpc) is 3.24. The van der Waals surface area contributed by atoms with Crippen molar-refractivity contribution in [2.45, 2.75) is 37.8 Å². The van der Waals surface area contributed by atoms with Gasteiger partial charge in [-0.25, -0.2) is 19.8 Å². The number of nitrogens with one attached hydrogen (secondary N) is 2. The van der Waals surface area contributed by atoms with Crippen LogP contribution in [0.15, 0.2) is 43.0 Å². The van der Waals surface area contributed by atoms with Crippen molar-refractivity contribution in [2.75, 3.05) is 13.1 Å². The zero-order valence-corrected chi connectivity index (χ0v) is 19.6. The Morgan fingerprint density at radius 3 is 2.71 bits per heavy atom. The van der Waals surface area contributed by atoms with Crippen LogP contribution in [0.2, 0.25) is 0 Å². The summed E-state index contributed by atoms with van der Waals surface area (Å²) in [5.74, 6) is -2.55. The molecule has 35 heavy (non-hydrogen) atoms. The van der Waals surface area contributed by atoms with Gasteiger partial charge in [-0.05, 0) is 30.4 Å². The number of carbonyl (C=O) groups is 5. The minimum Gasteiger partial charge on any atom is -0.481 e. The maximum Gasteiger partial charge on any atom is 0.358 e. The van der Waals surface area contributed by atoms with Gasteiger partial charge in [0.2, 0.25) is 11.8 Å². The van der Waals surface area contributed by atoms with Gasteiger partial charge in [0, 0.05) is 17.7 Å². The zero-order valence-electron chi connectivity index (χ0n) is 18.8. The van der Waals surface area contributed by atoms with Crippen LogP contribution >= 0.6 is 11.3 Å². The molecule has 0 aliphatic carbocycles. The van der Waals surface area contributed by atoms with Crippen LogP contribution in [-0.2, 0) is 14.4 Å². The fraction of sp³-hybridized carbons (Fsp3) is 0.348. The molecule has 12 heteroatoms. The molecule has 2 aliphatic rings. The van der Waals surface area contributed by atoms with E-state index in [0.29, 0.717) is 11.3 Å². The van der Waals surface area contributed by atoms with Gasteiger partial charge >= 0.3 is 12.0 Å². The predicted octanol–water partition coefficient (Wildman–Crippen LogP) is 1.73. The fourth-order valence-corrected chi connectivity index (χ4v) is 5.10. The molecule has 184 valence electrons. The molecule has 2 saturated heterocycles. The number of hydrogen-bond acceptors (Lipinski definition) is 6. The third kappa shape index (κ3) is 5.11. The summed E-state index contributed by atoms with van der Waals surface area (Å²) in [5.41, 5.74) is 2.59. The second-order valence-corrected chi connectivity index (χ2v) is 9.33. The molecular weight excluding hydrogens is 474 g/mol. The number of nitrogens with zero attached hydrogens (tertiary/aromatic N) is 3. The van der Waals surface area contributed by atoms with Crippen LogP contribution in [0, 0.1) is 0 Å². The molecule has 0 spiro atoms. The van der Waals surface area contributed by atoms with E-state index in [0.717, 1.165) is 20.1 Å². The molecule has 0 unspecified atom stereocenters. The normalized spacial score (nSPS) is 19.1. The van der Waals surface area contributed by atoms with E-state index in [1.54, 1.807) is 6.07 Å². The first-order valence-electron chi connectivity index (χ1n) is 11.1. The molecular formula is C23H25N5O6S. The molecule has 3 heterocycles. The molecule has 1 aromatic carbocycles. The van der Waals surface area contributed by atoms with E-state index in [1.165, 1.54) is 22.4 Å². The lowest BCUT2D eigenvalue weighted by atomic mass is 10.1. The fourth-order valence-electron chi connectivity index (χ4n) is 4.15. The minimum absolute atomic E-state index is 0.0302. The SMILES string of the molecule is C=C[C@H](CC(=O)O)NC(=O)[C@@H]1CCCN2C(=O)CCN(NC(=O)c3cc4ccccc4s3)C(=O)N12. The number of hydrogen-bond donors (Lipinski definition) is 3. The van der Waals surface area contributed by atoms with E-state index >= 15 is 0 Å². The zero-order chi connectivity index (χ0) is 25.1. The molecule has 2 aliphatic heterocycles. The van der Waals surface area contributed by atoms with E-state index in [9.17, 15) is 24.0 Å². The summed E-state index contributed by atoms with van der Waals surface area (Å²) in [5, 5.41) is 15.9. The summed E-state index contributed by atoms with van der Waals surface area (Å²) in [6, 6.07) is 6.65. The van der Waals surface area contributed by atoms with Crippen molar-refractivity contribution in [1.29, 1.82) is 0 Å². The molecule has 2 fully saturated rings. The van der Waals surface area contributed by atoms with Crippen molar-refractivity contribution in [1.82, 2.24) is 25.8 Å². The molecule has 1 aromatic heterocycles. The number of benzene rings is 1. The van der Waals surface area contributed by atoms with Gasteiger partial charge in [0.25, 0.3) is 5.91 Å². The Hall–Kier alpha value is -3.93. The van der Waals surface area contributed by atoms with Crippen molar-refractivity contribution >= 4 is 51.1 Å². The number of amides is 5. The van der Waals surface area contributed by atoms with Crippen LogP contribution in [0.3, 0.4) is 0 Å². The first-order chi connectivity index (χ1) is 16.8. The predicted molar refractivity (Wildman–Crippen MR) is 127 cm³/mol. The molecule has 0 bridgehead atoms. The highest BCUT2D eigenvalue weighted by Crippen LogP contribution is 2.26. The second-order valence-electron chi connectivity index (χ2n) is 8.24. The maximum atomic E-state index is 13.5. The van der Waals surface area contributed by atoms with Gasteiger partial charge in [-0.1, -0.05) is 24.3 Å². The standard InChI is InChI=1S/C23H25N5O6S/c1-2-15(13-20(30)31)24-21(32)16-7-5-10-27-19(29)9-11-26(23(34)28(16)27)25-22(33)18-12-14-6-3-4-8-17(14)35-18/h2-4,6,8,12,15-16H,1,5,7,9-11,13H2,(H,24,32)(H,25,33)(H,30,31)/t15-,16+/m1/s1. The van der Waals surface area contributed by atoms with Crippen molar-refractivity contribution < 1.29 is 29.1 Å². The summed E-state index contributed by atoms with van der Waals surface area (Å²) >= 11 is 1.28. The van der Waals surface area contributed by atoms with Crippen LogP contribution in [0.5, 0.6) is 0 Å². The number of carbonyl (C=O) groups excluding carboxylic acids is 4. The van der Waals surface area contributed by atoms with Gasteiger partial charge in [-0.15, -0.1) is 17.9 Å². The molecule has 0 radical (unpaired) electrons. The van der Waals surface area contributed by atoms with Crippen molar-refractivity contribution in [3.8, 4) is 0 Å². The first-order valence-corrected chi connectivity index (χ1v) is 12.0. The van der Waals surface area contributed by atoms with Crippen molar-refractivity contribution in [3.63, 3.8) is 0 Å². The third-order valence-electron chi connectivity index (χ3n) is 5.86. The summed E-state index contributed by atoms with van der Waals surface area (Å²) in [6.45, 7) is 3.75. The number of rotatable bonds is 7. The van der Waals surface area contributed by atoms with E-state index in [1.807, 2.05) is 24.3 Å². The van der Waals surface area contributed by atoms with Crippen LogP contribution in [0.4, 0.5) is 4.79 Å². The molecule has 3 N–H and O–H groups in total. The lowest BCUT2D eigenvalue weighted by Crippen LogP contribution is -2.64. The number of carboxylic acid groups (broad SMARTS) is 1. The van der Waals surface area contributed by atoms with Crippen molar-refractivity contribution in [2.24, 2.45) is 0 Å². The number of aliphatic carboxylic acids is 1. The highest BCUT2D eigenvalue weighted by Gasteiger charge is 2.44. The number of carboxylic acids is 1. The Bertz CT molecular complexity index is 1160. The lowest BCUT2D eigenvalue weighted by molar-refractivity contribution is -0.155. The molecule has 2 atom stereocenters. The number of thiophene rings is 1. The van der Waals surface area contributed by atoms with Gasteiger partial charge in [-0.2, -0.15) is 0 Å². The molecule has 11 nitrogen and oxygen atoms in total. The molecule has 0 saturated carbocycles. The quantitative estimate of drug-likeness (QED) is 0.496. The maximum absolute atomic E-state index is 13.5. The molecule has 5 amide bonds. The Balaban J connectivity index is 1.54. The van der Waals surface area contributed by atoms with E-state index in [-0.39, 0.29) is 38.3 Å². The Morgan fingerprint density at radius 2 is 2.00 bits per heavy atom. The smallest absolute Gasteiger partial charge is 0.358 e. The average molecular weight is 500 g/mol. The topological polar surface area (TPSA) is 139 Å². The van der Waals surface area contributed by atoms with E-state index < -0.39 is 35.9 Å². The number of hydrazine groups is 2. The van der Waals surface area contributed by atoms with Gasteiger partial charge in [0.1, 0.15) is 6.04 Å². The Kier molecular flexibility index (Phi) is 7.01. The largest absolute Gasteiger partial charge is 0.481 e.